The highest BCUT2D eigenvalue weighted by atomic mass is 16.2. The Hall–Kier alpha value is -3.60. The second kappa shape index (κ2) is 9.74. The molecule has 0 heterocycles. The van der Waals surface area contributed by atoms with Crippen LogP contribution in [0.3, 0.4) is 0 Å². The fourth-order valence-electron chi connectivity index (χ4n) is 3.48. The van der Waals surface area contributed by atoms with Gasteiger partial charge in [-0.25, -0.2) is 0 Å². The molecule has 3 aromatic rings. The third kappa shape index (κ3) is 5.47. The maximum absolute atomic E-state index is 12.3. The van der Waals surface area contributed by atoms with Gasteiger partial charge in [0.05, 0.1) is 13.1 Å². The summed E-state index contributed by atoms with van der Waals surface area (Å²) in [5.74, 6) is -0.492. The van der Waals surface area contributed by atoms with Crippen LogP contribution in [0, 0.1) is 20.8 Å². The largest absolute Gasteiger partial charge is 0.376 e. The van der Waals surface area contributed by atoms with Gasteiger partial charge >= 0.3 is 0 Å². The van der Waals surface area contributed by atoms with E-state index in [1.165, 1.54) is 0 Å². The molecule has 5 nitrogen and oxygen atoms in total. The van der Waals surface area contributed by atoms with Crippen molar-refractivity contribution in [2.45, 2.75) is 20.8 Å². The van der Waals surface area contributed by atoms with Gasteiger partial charge in [0.1, 0.15) is 0 Å². The monoisotopic (exact) mass is 401 g/mol. The lowest BCUT2D eigenvalue weighted by Crippen LogP contribution is -2.36. The van der Waals surface area contributed by atoms with Gasteiger partial charge in [-0.2, -0.15) is 0 Å². The molecule has 5 heteroatoms. The molecule has 0 spiro atoms. The number of carbonyl (C=O) groups is 2. The van der Waals surface area contributed by atoms with Gasteiger partial charge in [0.15, 0.2) is 0 Å². The first-order valence-electron chi connectivity index (χ1n) is 9.97. The number of hydrogen-bond acceptors (Lipinski definition) is 3. The summed E-state index contributed by atoms with van der Waals surface area (Å²) in [4.78, 5) is 24.5. The number of rotatable bonds is 7. The molecule has 0 saturated heterocycles. The molecule has 0 aliphatic carbocycles. The first-order chi connectivity index (χ1) is 14.4. The SMILES string of the molecule is Cc1cc(C)c(NC(=O)CNC(=O)CNc2ccccc2-c2ccccc2)c(C)c1. The van der Waals surface area contributed by atoms with Crippen LogP contribution in [0.25, 0.3) is 11.1 Å². The molecule has 3 rings (SSSR count). The van der Waals surface area contributed by atoms with E-state index in [0.29, 0.717) is 0 Å². The maximum atomic E-state index is 12.3. The van der Waals surface area contributed by atoms with Gasteiger partial charge in [0.2, 0.25) is 11.8 Å². The summed E-state index contributed by atoms with van der Waals surface area (Å²) >= 11 is 0. The number of aryl methyl sites for hydroxylation is 3. The zero-order chi connectivity index (χ0) is 21.5. The third-order valence-corrected chi connectivity index (χ3v) is 4.84. The van der Waals surface area contributed by atoms with Crippen molar-refractivity contribution in [1.82, 2.24) is 5.32 Å². The fourth-order valence-corrected chi connectivity index (χ4v) is 3.48. The first kappa shape index (κ1) is 21.1. The van der Waals surface area contributed by atoms with E-state index in [4.69, 9.17) is 0 Å². The Labute approximate surface area is 177 Å². The van der Waals surface area contributed by atoms with Crippen LogP contribution < -0.4 is 16.0 Å². The topological polar surface area (TPSA) is 70.2 Å². The summed E-state index contributed by atoms with van der Waals surface area (Å²) in [5.41, 5.74) is 6.93. The number of benzene rings is 3. The molecule has 0 aliphatic rings. The lowest BCUT2D eigenvalue weighted by molar-refractivity contribution is -0.122. The summed E-state index contributed by atoms with van der Waals surface area (Å²) in [5, 5.41) is 8.73. The number of carbonyl (C=O) groups excluding carboxylic acids is 2. The van der Waals surface area contributed by atoms with Crippen molar-refractivity contribution in [3.05, 3.63) is 83.4 Å². The van der Waals surface area contributed by atoms with E-state index in [2.05, 4.69) is 16.0 Å². The fraction of sp³-hybridized carbons (Fsp3) is 0.200. The van der Waals surface area contributed by atoms with Crippen LogP contribution in [-0.4, -0.2) is 24.9 Å². The van der Waals surface area contributed by atoms with Gasteiger partial charge in [-0.1, -0.05) is 66.2 Å². The van der Waals surface area contributed by atoms with Crippen molar-refractivity contribution in [3.8, 4) is 11.1 Å². The van der Waals surface area contributed by atoms with Crippen LogP contribution in [0.5, 0.6) is 0 Å². The van der Waals surface area contributed by atoms with Crippen molar-refractivity contribution in [3.63, 3.8) is 0 Å². The Morgan fingerprint density at radius 3 is 2.10 bits per heavy atom. The summed E-state index contributed by atoms with van der Waals surface area (Å²) in [6.45, 7) is 5.95. The van der Waals surface area contributed by atoms with Crippen molar-refractivity contribution >= 4 is 23.2 Å². The van der Waals surface area contributed by atoms with Crippen LogP contribution in [0.2, 0.25) is 0 Å². The highest BCUT2D eigenvalue weighted by Gasteiger charge is 2.11. The molecule has 0 aliphatic heterocycles. The number of hydrogen-bond donors (Lipinski definition) is 3. The van der Waals surface area contributed by atoms with Crippen molar-refractivity contribution in [2.24, 2.45) is 0 Å². The number of anilines is 2. The standard InChI is InChI=1S/C25H27N3O2/c1-17-13-18(2)25(19(3)14-17)28-24(30)16-27-23(29)15-26-22-12-8-7-11-21(22)20-9-5-4-6-10-20/h4-14,26H,15-16H2,1-3H3,(H,27,29)(H,28,30). The predicted octanol–water partition coefficient (Wildman–Crippen LogP) is 4.45. The molecule has 0 radical (unpaired) electrons. The number of nitrogens with one attached hydrogen (secondary N) is 3. The van der Waals surface area contributed by atoms with Crippen LogP contribution in [0.1, 0.15) is 16.7 Å². The average molecular weight is 402 g/mol. The molecular weight excluding hydrogens is 374 g/mol. The zero-order valence-electron chi connectivity index (χ0n) is 17.6. The highest BCUT2D eigenvalue weighted by molar-refractivity contribution is 5.96. The molecule has 0 saturated carbocycles. The molecule has 154 valence electrons. The van der Waals surface area contributed by atoms with Crippen LogP contribution in [0.4, 0.5) is 11.4 Å². The van der Waals surface area contributed by atoms with Gasteiger partial charge in [-0.15, -0.1) is 0 Å². The van der Waals surface area contributed by atoms with Crippen molar-refractivity contribution < 1.29 is 9.59 Å². The summed E-state index contributed by atoms with van der Waals surface area (Å²) in [6.07, 6.45) is 0. The Morgan fingerprint density at radius 2 is 1.40 bits per heavy atom. The zero-order valence-corrected chi connectivity index (χ0v) is 17.6. The summed E-state index contributed by atoms with van der Waals surface area (Å²) in [7, 11) is 0. The third-order valence-electron chi connectivity index (χ3n) is 4.84. The van der Waals surface area contributed by atoms with Gasteiger partial charge < -0.3 is 16.0 Å². The lowest BCUT2D eigenvalue weighted by atomic mass is 10.0. The van der Waals surface area contributed by atoms with E-state index >= 15 is 0 Å². The molecular formula is C25H27N3O2. The van der Waals surface area contributed by atoms with Gasteiger partial charge in [0.25, 0.3) is 0 Å². The molecule has 0 unspecified atom stereocenters. The molecule has 0 atom stereocenters. The molecule has 3 N–H and O–H groups in total. The predicted molar refractivity (Wildman–Crippen MR) is 123 cm³/mol. The molecule has 3 aromatic carbocycles. The Balaban J connectivity index is 1.53. The summed E-state index contributed by atoms with van der Waals surface area (Å²) in [6, 6.07) is 21.9. The minimum Gasteiger partial charge on any atom is -0.376 e. The Bertz CT molecular complexity index is 1020. The molecule has 0 aromatic heterocycles. The summed E-state index contributed by atoms with van der Waals surface area (Å²) < 4.78 is 0. The molecule has 2 amide bonds. The Kier molecular flexibility index (Phi) is 6.86. The quantitative estimate of drug-likeness (QED) is 0.548. The lowest BCUT2D eigenvalue weighted by Gasteiger charge is -2.14. The van der Waals surface area contributed by atoms with Gasteiger partial charge in [0, 0.05) is 16.9 Å². The average Bonchev–Trinajstić information content (AvgIpc) is 2.74. The van der Waals surface area contributed by atoms with E-state index in [1.54, 1.807) is 0 Å². The highest BCUT2D eigenvalue weighted by Crippen LogP contribution is 2.27. The van der Waals surface area contributed by atoms with E-state index in [0.717, 1.165) is 39.2 Å². The number of para-hydroxylation sites is 1. The van der Waals surface area contributed by atoms with E-state index in [9.17, 15) is 9.59 Å². The minimum atomic E-state index is -0.247. The first-order valence-corrected chi connectivity index (χ1v) is 9.97. The van der Waals surface area contributed by atoms with E-state index < -0.39 is 0 Å². The Morgan fingerprint density at radius 1 is 0.767 bits per heavy atom. The van der Waals surface area contributed by atoms with E-state index in [-0.39, 0.29) is 24.9 Å². The van der Waals surface area contributed by atoms with Gasteiger partial charge in [-0.05, 0) is 43.5 Å². The molecule has 30 heavy (non-hydrogen) atoms. The van der Waals surface area contributed by atoms with Crippen molar-refractivity contribution in [2.75, 3.05) is 23.7 Å². The maximum Gasteiger partial charge on any atom is 0.243 e. The second-order valence-electron chi connectivity index (χ2n) is 7.36. The molecule has 0 fully saturated rings. The van der Waals surface area contributed by atoms with E-state index in [1.807, 2.05) is 87.5 Å². The number of amides is 2. The normalized spacial score (nSPS) is 10.4. The molecule has 0 bridgehead atoms. The second-order valence-corrected chi connectivity index (χ2v) is 7.36. The van der Waals surface area contributed by atoms with Crippen LogP contribution in [0.15, 0.2) is 66.7 Å². The van der Waals surface area contributed by atoms with Gasteiger partial charge in [-0.3, -0.25) is 9.59 Å². The van der Waals surface area contributed by atoms with Crippen LogP contribution in [-0.2, 0) is 9.59 Å². The minimum absolute atomic E-state index is 0.0758. The van der Waals surface area contributed by atoms with Crippen LogP contribution >= 0.6 is 0 Å². The van der Waals surface area contributed by atoms with Crippen molar-refractivity contribution in [1.29, 1.82) is 0 Å². The smallest absolute Gasteiger partial charge is 0.243 e.